The van der Waals surface area contributed by atoms with E-state index in [2.05, 4.69) is 57.7 Å². The van der Waals surface area contributed by atoms with E-state index in [-0.39, 0.29) is 11.4 Å². The number of nitrogens with zero attached hydrogens (tertiary/aromatic N) is 3. The summed E-state index contributed by atoms with van der Waals surface area (Å²) in [5.74, 6) is 0.536. The van der Waals surface area contributed by atoms with Gasteiger partial charge in [-0.25, -0.2) is 4.99 Å². The average molecular weight is 448 g/mol. The van der Waals surface area contributed by atoms with Crippen molar-refractivity contribution >= 4 is 40.3 Å². The van der Waals surface area contributed by atoms with Gasteiger partial charge in [-0.05, 0) is 92.8 Å². The molecule has 0 bridgehead atoms. The van der Waals surface area contributed by atoms with E-state index in [1.807, 2.05) is 41.3 Å². The van der Waals surface area contributed by atoms with E-state index in [1.54, 1.807) is 0 Å². The number of hydrogen-bond acceptors (Lipinski definition) is 4. The van der Waals surface area contributed by atoms with Gasteiger partial charge in [-0.1, -0.05) is 38.1 Å². The molecule has 32 heavy (non-hydrogen) atoms. The second kappa shape index (κ2) is 9.14. The van der Waals surface area contributed by atoms with Gasteiger partial charge < -0.3 is 4.90 Å². The van der Waals surface area contributed by atoms with Crippen molar-refractivity contribution in [3.63, 3.8) is 0 Å². The molecule has 2 aromatic rings. The van der Waals surface area contributed by atoms with Gasteiger partial charge in [-0.3, -0.25) is 9.69 Å². The highest BCUT2D eigenvalue weighted by molar-refractivity contribution is 8.18. The topological polar surface area (TPSA) is 35.9 Å². The van der Waals surface area contributed by atoms with Gasteiger partial charge in [0.15, 0.2) is 5.17 Å². The molecule has 0 saturated carbocycles. The molecule has 1 amide bonds. The number of para-hydroxylation sites is 1. The maximum atomic E-state index is 13.2. The largest absolute Gasteiger partial charge is 0.366 e. The lowest BCUT2D eigenvalue weighted by Gasteiger charge is -2.47. The zero-order valence-corrected chi connectivity index (χ0v) is 20.6. The predicted octanol–water partition coefficient (Wildman–Crippen LogP) is 6.81. The molecular weight excluding hydrogens is 414 g/mol. The van der Waals surface area contributed by atoms with Crippen LogP contribution in [-0.4, -0.2) is 34.6 Å². The molecule has 168 valence electrons. The van der Waals surface area contributed by atoms with Crippen LogP contribution in [0.4, 0.5) is 11.4 Å². The molecule has 2 aliphatic rings. The number of carbonyl (C=O) groups excluding carboxylic acids is 1. The molecule has 1 atom stereocenters. The standard InChI is InChI=1S/C27H33N3OS/c1-6-15-29-25(31)24(32-26(29)28-21-11-9-8-10-12-21)17-20-13-14-23-22(16-20)19(3)18-27(4,5)30(23)7-2/h8-14,16-17,19H,6-7,15,18H2,1-5H3/b24-17-,28-26?. The first-order valence-electron chi connectivity index (χ1n) is 11.6. The highest BCUT2D eigenvalue weighted by atomic mass is 32.2. The third-order valence-electron chi connectivity index (χ3n) is 6.34. The Morgan fingerprint density at radius 2 is 1.91 bits per heavy atom. The second-order valence-electron chi connectivity index (χ2n) is 9.28. The van der Waals surface area contributed by atoms with E-state index in [0.717, 1.165) is 40.7 Å². The second-order valence-corrected chi connectivity index (χ2v) is 10.3. The Morgan fingerprint density at radius 1 is 1.16 bits per heavy atom. The third-order valence-corrected chi connectivity index (χ3v) is 7.35. The van der Waals surface area contributed by atoms with Gasteiger partial charge in [-0.2, -0.15) is 0 Å². The first-order chi connectivity index (χ1) is 15.3. The number of fused-ring (bicyclic) bond motifs is 1. The molecule has 0 aliphatic carbocycles. The Bertz CT molecular complexity index is 1060. The lowest BCUT2D eigenvalue weighted by Crippen LogP contribution is -2.48. The van der Waals surface area contributed by atoms with Gasteiger partial charge in [0.25, 0.3) is 5.91 Å². The van der Waals surface area contributed by atoms with Crippen LogP contribution in [0.5, 0.6) is 0 Å². The Kier molecular flexibility index (Phi) is 6.47. The van der Waals surface area contributed by atoms with Crippen molar-refractivity contribution in [1.82, 2.24) is 4.90 Å². The maximum Gasteiger partial charge on any atom is 0.266 e. The van der Waals surface area contributed by atoms with Crippen molar-refractivity contribution in [3.8, 4) is 0 Å². The van der Waals surface area contributed by atoms with Crippen molar-refractivity contribution in [3.05, 3.63) is 64.6 Å². The zero-order valence-electron chi connectivity index (χ0n) is 19.8. The Balaban J connectivity index is 1.67. The minimum Gasteiger partial charge on any atom is -0.366 e. The van der Waals surface area contributed by atoms with E-state index in [4.69, 9.17) is 4.99 Å². The number of amides is 1. The zero-order chi connectivity index (χ0) is 22.9. The number of benzene rings is 2. The van der Waals surface area contributed by atoms with Crippen LogP contribution >= 0.6 is 11.8 Å². The number of rotatable bonds is 5. The van der Waals surface area contributed by atoms with Crippen LogP contribution in [0.2, 0.25) is 0 Å². The summed E-state index contributed by atoms with van der Waals surface area (Å²) in [5.41, 5.74) is 4.80. The highest BCUT2D eigenvalue weighted by Gasteiger charge is 2.36. The molecule has 2 aromatic carbocycles. The first kappa shape index (κ1) is 22.7. The van der Waals surface area contributed by atoms with Gasteiger partial charge in [0.2, 0.25) is 0 Å². The van der Waals surface area contributed by atoms with Crippen LogP contribution in [0.1, 0.15) is 64.5 Å². The summed E-state index contributed by atoms with van der Waals surface area (Å²) in [6, 6.07) is 16.5. The number of thioether (sulfide) groups is 1. The van der Waals surface area contributed by atoms with E-state index in [0.29, 0.717) is 12.5 Å². The molecule has 0 aromatic heterocycles. The number of aliphatic imine (C=N–C) groups is 1. The van der Waals surface area contributed by atoms with Crippen LogP contribution in [0.15, 0.2) is 58.4 Å². The number of anilines is 1. The SMILES string of the molecule is CCCN1C(=O)/C(=C/c2ccc3c(c2)C(C)CC(C)(C)N3CC)SC1=Nc1ccccc1. The molecule has 0 spiro atoms. The monoisotopic (exact) mass is 447 g/mol. The summed E-state index contributed by atoms with van der Waals surface area (Å²) in [4.78, 5) is 23.0. The molecule has 1 unspecified atom stereocenters. The number of amidine groups is 1. The summed E-state index contributed by atoms with van der Waals surface area (Å²) in [6.07, 6.45) is 4.05. The molecular formula is C27H33N3OS. The third kappa shape index (κ3) is 4.36. The van der Waals surface area contributed by atoms with E-state index in [9.17, 15) is 4.79 Å². The number of carbonyl (C=O) groups is 1. The molecule has 1 fully saturated rings. The Morgan fingerprint density at radius 3 is 2.59 bits per heavy atom. The minimum absolute atomic E-state index is 0.0496. The lowest BCUT2D eigenvalue weighted by atomic mass is 9.79. The minimum atomic E-state index is 0.0496. The van der Waals surface area contributed by atoms with Gasteiger partial charge in [0.05, 0.1) is 10.6 Å². The summed E-state index contributed by atoms with van der Waals surface area (Å²) in [6.45, 7) is 13.0. The molecule has 2 aliphatic heterocycles. The Hall–Kier alpha value is -2.53. The van der Waals surface area contributed by atoms with Gasteiger partial charge in [0.1, 0.15) is 0 Å². The fourth-order valence-electron chi connectivity index (χ4n) is 4.97. The van der Waals surface area contributed by atoms with Crippen LogP contribution in [0.3, 0.4) is 0 Å². The molecule has 5 heteroatoms. The quantitative estimate of drug-likeness (QED) is 0.472. The molecule has 0 N–H and O–H groups in total. The summed E-state index contributed by atoms with van der Waals surface area (Å²) in [5, 5.41) is 0.763. The fourth-order valence-corrected chi connectivity index (χ4v) is 6.00. The van der Waals surface area contributed by atoms with Crippen LogP contribution in [0, 0.1) is 0 Å². The lowest BCUT2D eigenvalue weighted by molar-refractivity contribution is -0.122. The van der Waals surface area contributed by atoms with Crippen LogP contribution < -0.4 is 4.90 Å². The summed E-state index contributed by atoms with van der Waals surface area (Å²) < 4.78 is 0. The van der Waals surface area contributed by atoms with E-state index in [1.165, 1.54) is 23.0 Å². The van der Waals surface area contributed by atoms with Crippen molar-refractivity contribution in [2.45, 2.75) is 58.9 Å². The van der Waals surface area contributed by atoms with Crippen LogP contribution in [-0.2, 0) is 4.79 Å². The maximum absolute atomic E-state index is 13.2. The smallest absolute Gasteiger partial charge is 0.266 e. The molecule has 4 nitrogen and oxygen atoms in total. The fraction of sp³-hybridized carbons (Fsp3) is 0.407. The van der Waals surface area contributed by atoms with Crippen LogP contribution in [0.25, 0.3) is 6.08 Å². The van der Waals surface area contributed by atoms with Gasteiger partial charge >= 0.3 is 0 Å². The highest BCUT2D eigenvalue weighted by Crippen LogP contribution is 2.44. The van der Waals surface area contributed by atoms with E-state index < -0.39 is 0 Å². The number of hydrogen-bond donors (Lipinski definition) is 0. The van der Waals surface area contributed by atoms with Gasteiger partial charge in [0, 0.05) is 24.3 Å². The summed E-state index contributed by atoms with van der Waals surface area (Å²) >= 11 is 1.48. The van der Waals surface area contributed by atoms with Crippen molar-refractivity contribution in [1.29, 1.82) is 0 Å². The Labute approximate surface area is 196 Å². The average Bonchev–Trinajstić information content (AvgIpc) is 3.03. The normalized spacial score (nSPS) is 22.7. The van der Waals surface area contributed by atoms with Crippen molar-refractivity contribution < 1.29 is 4.79 Å². The van der Waals surface area contributed by atoms with Crippen molar-refractivity contribution in [2.75, 3.05) is 18.0 Å². The van der Waals surface area contributed by atoms with E-state index >= 15 is 0 Å². The molecule has 1 saturated heterocycles. The molecule has 2 heterocycles. The summed E-state index contributed by atoms with van der Waals surface area (Å²) in [7, 11) is 0. The first-order valence-corrected chi connectivity index (χ1v) is 12.4. The molecule has 4 rings (SSSR count). The van der Waals surface area contributed by atoms with Crippen molar-refractivity contribution in [2.24, 2.45) is 4.99 Å². The molecule has 0 radical (unpaired) electrons. The van der Waals surface area contributed by atoms with Gasteiger partial charge in [-0.15, -0.1) is 0 Å². The predicted molar refractivity (Wildman–Crippen MR) is 138 cm³/mol.